The first kappa shape index (κ1) is 20.2. The van der Waals surface area contributed by atoms with Crippen molar-refractivity contribution in [3.05, 3.63) is 34.9 Å². The summed E-state index contributed by atoms with van der Waals surface area (Å²) in [6, 6.07) is 5.69. The monoisotopic (exact) mass is 362 g/mol. The summed E-state index contributed by atoms with van der Waals surface area (Å²) >= 11 is 0. The number of ether oxygens (including phenoxy) is 1. The van der Waals surface area contributed by atoms with Gasteiger partial charge in [0, 0.05) is 19.5 Å². The van der Waals surface area contributed by atoms with E-state index in [1.165, 1.54) is 0 Å². The standard InChI is InChI=1S/C20H30N2O4/c1-13-6-7-14(2)15(12-13)18(24)16-8-9-17(23)22(16)11-10-21-19(25)26-20(3,4)5/h6-7,12,16,18,24H,8-11H2,1-5H3,(H,21,25)/t16-,18?/m0/s1. The lowest BCUT2D eigenvalue weighted by molar-refractivity contribution is -0.130. The van der Waals surface area contributed by atoms with Crippen molar-refractivity contribution in [2.45, 2.75) is 65.2 Å². The van der Waals surface area contributed by atoms with Gasteiger partial charge < -0.3 is 20.1 Å². The molecule has 0 aromatic heterocycles. The molecule has 2 amide bonds. The van der Waals surface area contributed by atoms with Crippen LogP contribution in [0.2, 0.25) is 0 Å². The summed E-state index contributed by atoms with van der Waals surface area (Å²) in [5, 5.41) is 13.5. The minimum Gasteiger partial charge on any atom is -0.444 e. The molecule has 0 radical (unpaired) electrons. The van der Waals surface area contributed by atoms with Gasteiger partial charge in [-0.05, 0) is 52.2 Å². The molecule has 1 aromatic carbocycles. The lowest BCUT2D eigenvalue weighted by Gasteiger charge is -2.30. The zero-order chi connectivity index (χ0) is 19.5. The predicted molar refractivity (Wildman–Crippen MR) is 99.8 cm³/mol. The van der Waals surface area contributed by atoms with Gasteiger partial charge >= 0.3 is 6.09 Å². The van der Waals surface area contributed by atoms with Crippen LogP contribution >= 0.6 is 0 Å². The molecule has 2 rings (SSSR count). The van der Waals surface area contributed by atoms with Crippen molar-refractivity contribution in [2.24, 2.45) is 0 Å². The van der Waals surface area contributed by atoms with Crippen LogP contribution in [0, 0.1) is 13.8 Å². The van der Waals surface area contributed by atoms with Gasteiger partial charge in [0.2, 0.25) is 5.91 Å². The molecule has 1 heterocycles. The van der Waals surface area contributed by atoms with Gasteiger partial charge in [0.25, 0.3) is 0 Å². The SMILES string of the molecule is Cc1ccc(C)c(C(O)[C@@H]2CCC(=O)N2CCNC(=O)OC(C)(C)C)c1. The fourth-order valence-corrected chi connectivity index (χ4v) is 3.25. The lowest BCUT2D eigenvalue weighted by atomic mass is 9.95. The van der Waals surface area contributed by atoms with Crippen LogP contribution in [0.25, 0.3) is 0 Å². The Bertz CT molecular complexity index is 666. The molecule has 1 unspecified atom stereocenters. The molecule has 2 N–H and O–H groups in total. The third kappa shape index (κ3) is 5.21. The summed E-state index contributed by atoms with van der Waals surface area (Å²) in [6.45, 7) is 9.98. The highest BCUT2D eigenvalue weighted by atomic mass is 16.6. The number of nitrogens with one attached hydrogen (secondary N) is 1. The van der Waals surface area contributed by atoms with Crippen molar-refractivity contribution in [1.29, 1.82) is 0 Å². The van der Waals surface area contributed by atoms with Crippen LogP contribution in [-0.2, 0) is 9.53 Å². The highest BCUT2D eigenvalue weighted by Gasteiger charge is 2.36. The number of alkyl carbamates (subject to hydrolysis) is 1. The number of amides is 2. The van der Waals surface area contributed by atoms with E-state index in [2.05, 4.69) is 5.32 Å². The Hall–Kier alpha value is -2.08. The summed E-state index contributed by atoms with van der Waals surface area (Å²) < 4.78 is 5.20. The summed E-state index contributed by atoms with van der Waals surface area (Å²) in [4.78, 5) is 25.7. The average Bonchev–Trinajstić information content (AvgIpc) is 2.88. The number of hydrogen-bond acceptors (Lipinski definition) is 4. The molecular weight excluding hydrogens is 332 g/mol. The number of rotatable bonds is 5. The summed E-state index contributed by atoms with van der Waals surface area (Å²) in [6.07, 6.45) is -0.211. The van der Waals surface area contributed by atoms with E-state index in [0.29, 0.717) is 19.4 Å². The molecule has 6 nitrogen and oxygen atoms in total. The van der Waals surface area contributed by atoms with E-state index in [4.69, 9.17) is 4.74 Å². The fourth-order valence-electron chi connectivity index (χ4n) is 3.25. The number of likely N-dealkylation sites (tertiary alicyclic amines) is 1. The van der Waals surface area contributed by atoms with Crippen molar-refractivity contribution < 1.29 is 19.4 Å². The first-order valence-electron chi connectivity index (χ1n) is 9.10. The first-order valence-corrected chi connectivity index (χ1v) is 9.10. The normalized spacial score (nSPS) is 18.8. The molecule has 0 aliphatic carbocycles. The van der Waals surface area contributed by atoms with Gasteiger partial charge in [-0.25, -0.2) is 4.79 Å². The molecule has 0 saturated carbocycles. The molecule has 1 aliphatic heterocycles. The summed E-state index contributed by atoms with van der Waals surface area (Å²) in [5.74, 6) is 0.00495. The maximum absolute atomic E-state index is 12.2. The number of nitrogens with zero attached hydrogens (tertiary/aromatic N) is 1. The Morgan fingerprint density at radius 3 is 2.73 bits per heavy atom. The van der Waals surface area contributed by atoms with Crippen LogP contribution in [0.5, 0.6) is 0 Å². The maximum Gasteiger partial charge on any atom is 0.407 e. The van der Waals surface area contributed by atoms with Gasteiger partial charge in [0.15, 0.2) is 0 Å². The van der Waals surface area contributed by atoms with Gasteiger partial charge in [-0.1, -0.05) is 23.8 Å². The molecular formula is C20H30N2O4. The van der Waals surface area contributed by atoms with Gasteiger partial charge in [-0.2, -0.15) is 0 Å². The fraction of sp³-hybridized carbons (Fsp3) is 0.600. The molecule has 0 spiro atoms. The average molecular weight is 362 g/mol. The lowest BCUT2D eigenvalue weighted by Crippen LogP contribution is -2.43. The number of carbonyl (C=O) groups is 2. The number of aryl methyl sites for hydroxylation is 2. The van der Waals surface area contributed by atoms with E-state index in [1.54, 1.807) is 25.7 Å². The molecule has 1 fully saturated rings. The van der Waals surface area contributed by atoms with Crippen LogP contribution in [0.4, 0.5) is 4.79 Å². The van der Waals surface area contributed by atoms with E-state index in [1.807, 2.05) is 32.0 Å². The van der Waals surface area contributed by atoms with Crippen LogP contribution in [0.3, 0.4) is 0 Å². The van der Waals surface area contributed by atoms with Crippen LogP contribution in [-0.4, -0.2) is 46.7 Å². The maximum atomic E-state index is 12.2. The van der Waals surface area contributed by atoms with E-state index >= 15 is 0 Å². The second-order valence-corrected chi connectivity index (χ2v) is 7.93. The van der Waals surface area contributed by atoms with E-state index in [9.17, 15) is 14.7 Å². The number of aliphatic hydroxyl groups excluding tert-OH is 1. The molecule has 0 bridgehead atoms. The third-order valence-corrected chi connectivity index (χ3v) is 4.51. The molecule has 2 atom stereocenters. The quantitative estimate of drug-likeness (QED) is 0.844. The predicted octanol–water partition coefficient (Wildman–Crippen LogP) is 2.85. The van der Waals surface area contributed by atoms with Crippen molar-refractivity contribution in [1.82, 2.24) is 10.2 Å². The number of hydrogen-bond donors (Lipinski definition) is 2. The molecule has 1 aliphatic rings. The largest absolute Gasteiger partial charge is 0.444 e. The summed E-state index contributed by atoms with van der Waals surface area (Å²) in [7, 11) is 0. The Morgan fingerprint density at radius 2 is 2.08 bits per heavy atom. The summed E-state index contributed by atoms with van der Waals surface area (Å²) in [5.41, 5.74) is 2.38. The van der Waals surface area contributed by atoms with E-state index in [-0.39, 0.29) is 18.5 Å². The van der Waals surface area contributed by atoms with Crippen molar-refractivity contribution in [3.8, 4) is 0 Å². The molecule has 1 aromatic rings. The minimum atomic E-state index is -0.733. The number of benzene rings is 1. The number of carbonyl (C=O) groups excluding carboxylic acids is 2. The van der Waals surface area contributed by atoms with E-state index < -0.39 is 17.8 Å². The zero-order valence-electron chi connectivity index (χ0n) is 16.3. The second-order valence-electron chi connectivity index (χ2n) is 7.93. The molecule has 144 valence electrons. The Balaban J connectivity index is 1.99. The van der Waals surface area contributed by atoms with Gasteiger partial charge in [-0.15, -0.1) is 0 Å². The van der Waals surface area contributed by atoms with Crippen molar-refractivity contribution in [2.75, 3.05) is 13.1 Å². The molecule has 6 heteroatoms. The first-order chi connectivity index (χ1) is 12.1. The van der Waals surface area contributed by atoms with Crippen LogP contribution in [0.15, 0.2) is 18.2 Å². The Labute approximate surface area is 155 Å². The Kier molecular flexibility index (Phi) is 6.29. The van der Waals surface area contributed by atoms with Gasteiger partial charge in [0.1, 0.15) is 5.60 Å². The molecule has 26 heavy (non-hydrogen) atoms. The minimum absolute atomic E-state index is 0.00495. The second kappa shape index (κ2) is 8.08. The van der Waals surface area contributed by atoms with Crippen molar-refractivity contribution in [3.63, 3.8) is 0 Å². The van der Waals surface area contributed by atoms with Gasteiger partial charge in [-0.3, -0.25) is 4.79 Å². The molecule has 1 saturated heterocycles. The third-order valence-electron chi connectivity index (χ3n) is 4.51. The number of aliphatic hydroxyl groups is 1. The zero-order valence-corrected chi connectivity index (χ0v) is 16.3. The van der Waals surface area contributed by atoms with Crippen molar-refractivity contribution >= 4 is 12.0 Å². The van der Waals surface area contributed by atoms with Gasteiger partial charge in [0.05, 0.1) is 12.1 Å². The smallest absolute Gasteiger partial charge is 0.407 e. The van der Waals surface area contributed by atoms with Crippen LogP contribution < -0.4 is 5.32 Å². The highest BCUT2D eigenvalue weighted by Crippen LogP contribution is 2.31. The topological polar surface area (TPSA) is 78.9 Å². The van der Waals surface area contributed by atoms with E-state index in [0.717, 1.165) is 16.7 Å². The highest BCUT2D eigenvalue weighted by molar-refractivity contribution is 5.79. The van der Waals surface area contributed by atoms with Crippen LogP contribution in [0.1, 0.15) is 56.4 Å². The Morgan fingerprint density at radius 1 is 1.38 bits per heavy atom.